The van der Waals surface area contributed by atoms with Crippen molar-refractivity contribution < 1.29 is 4.79 Å². The summed E-state index contributed by atoms with van der Waals surface area (Å²) in [7, 11) is 0. The second-order valence-corrected chi connectivity index (χ2v) is 6.52. The van der Waals surface area contributed by atoms with E-state index in [1.807, 2.05) is 50.2 Å². The van der Waals surface area contributed by atoms with Crippen LogP contribution in [0.5, 0.6) is 0 Å². The third-order valence-corrected chi connectivity index (χ3v) is 4.41. The lowest BCUT2D eigenvalue weighted by atomic mass is 10.0. The fourth-order valence-corrected chi connectivity index (χ4v) is 3.04. The van der Waals surface area contributed by atoms with E-state index in [1.165, 1.54) is 22.8 Å². The summed E-state index contributed by atoms with van der Waals surface area (Å²) in [4.78, 5) is 16.4. The number of thioether (sulfide) groups is 1. The Hall–Kier alpha value is -2.87. The molecule has 0 aliphatic heterocycles. The number of anilines is 1. The average molecular weight is 354 g/mol. The molecule has 0 unspecified atom stereocenters. The molecule has 1 amide bonds. The smallest absolute Gasteiger partial charge is 0.234 e. The molecule has 3 rings (SSSR count). The lowest BCUT2D eigenvalue weighted by molar-refractivity contribution is -0.113. The minimum absolute atomic E-state index is 0.128. The number of nitrogens with zero attached hydrogens (tertiary/aromatic N) is 4. The molecule has 0 aliphatic rings. The summed E-state index contributed by atoms with van der Waals surface area (Å²) in [6.07, 6.45) is 1.39. The number of nitrogens with one attached hydrogen (secondary N) is 1. The molecule has 2 heterocycles. The molecule has 1 aromatic carbocycles. The lowest BCUT2D eigenvalue weighted by Gasteiger charge is -2.08. The maximum atomic E-state index is 12.0. The molecular weight excluding hydrogens is 336 g/mol. The van der Waals surface area contributed by atoms with E-state index in [0.717, 1.165) is 28.2 Å². The molecule has 8 heteroatoms. The van der Waals surface area contributed by atoms with Crippen molar-refractivity contribution in [3.8, 4) is 11.1 Å². The molecule has 7 nitrogen and oxygen atoms in total. The van der Waals surface area contributed by atoms with Gasteiger partial charge in [-0.2, -0.15) is 0 Å². The first-order valence-electron chi connectivity index (χ1n) is 7.65. The normalized spacial score (nSPS) is 10.6. The molecule has 0 spiro atoms. The maximum absolute atomic E-state index is 12.0. The average Bonchev–Trinajstić information content (AvgIpc) is 2.98. The Morgan fingerprint density at radius 3 is 2.44 bits per heavy atom. The number of aryl methyl sites for hydroxylation is 2. The standard InChI is InChI=1S/C17H18N6OS/c1-11-7-14(8-12(2)20-11)13-3-5-15(6-4-13)21-16(24)9-25-17-22-19-10-23(17)18/h3-8,10H,9,18H2,1-2H3,(H,21,24). The molecule has 0 aliphatic carbocycles. The Labute approximate surface area is 149 Å². The number of nitrogens with two attached hydrogens (primary N) is 1. The number of carbonyl (C=O) groups is 1. The van der Waals surface area contributed by atoms with E-state index in [4.69, 9.17) is 5.84 Å². The fraction of sp³-hybridized carbons (Fsp3) is 0.176. The van der Waals surface area contributed by atoms with Gasteiger partial charge in [-0.25, -0.2) is 4.68 Å². The van der Waals surface area contributed by atoms with Gasteiger partial charge in [0.25, 0.3) is 0 Å². The number of benzene rings is 1. The van der Waals surface area contributed by atoms with Gasteiger partial charge in [0, 0.05) is 17.1 Å². The topological polar surface area (TPSA) is 98.7 Å². The van der Waals surface area contributed by atoms with Crippen LogP contribution < -0.4 is 11.2 Å². The first-order valence-corrected chi connectivity index (χ1v) is 8.63. The minimum Gasteiger partial charge on any atom is -0.336 e. The van der Waals surface area contributed by atoms with Gasteiger partial charge in [0.1, 0.15) is 6.33 Å². The molecule has 128 valence electrons. The first kappa shape index (κ1) is 17.0. The number of aromatic nitrogens is 4. The van der Waals surface area contributed by atoms with Gasteiger partial charge in [0.2, 0.25) is 11.1 Å². The predicted molar refractivity (Wildman–Crippen MR) is 98.7 cm³/mol. The number of rotatable bonds is 5. The van der Waals surface area contributed by atoms with Gasteiger partial charge in [-0.05, 0) is 49.2 Å². The zero-order valence-electron chi connectivity index (χ0n) is 13.9. The number of nitrogen functional groups attached to an aromatic ring is 1. The van der Waals surface area contributed by atoms with E-state index in [9.17, 15) is 4.79 Å². The van der Waals surface area contributed by atoms with Gasteiger partial charge in [0.05, 0.1) is 5.75 Å². The first-order chi connectivity index (χ1) is 12.0. The molecule has 3 N–H and O–H groups in total. The van der Waals surface area contributed by atoms with Crippen molar-refractivity contribution >= 4 is 23.4 Å². The predicted octanol–water partition coefficient (Wildman–Crippen LogP) is 2.40. The Morgan fingerprint density at radius 2 is 1.84 bits per heavy atom. The van der Waals surface area contributed by atoms with E-state index in [1.54, 1.807) is 0 Å². The van der Waals surface area contributed by atoms with Crippen LogP contribution in [0.2, 0.25) is 0 Å². The van der Waals surface area contributed by atoms with Crippen LogP contribution in [0.3, 0.4) is 0 Å². The highest BCUT2D eigenvalue weighted by Gasteiger charge is 2.08. The molecule has 0 saturated heterocycles. The van der Waals surface area contributed by atoms with Gasteiger partial charge in [-0.3, -0.25) is 9.78 Å². The molecule has 0 radical (unpaired) electrons. The second kappa shape index (κ2) is 7.35. The summed E-state index contributed by atoms with van der Waals surface area (Å²) in [6, 6.07) is 11.8. The van der Waals surface area contributed by atoms with Crippen LogP contribution >= 0.6 is 11.8 Å². The molecule has 25 heavy (non-hydrogen) atoms. The lowest BCUT2D eigenvalue weighted by Crippen LogP contribution is -2.15. The zero-order valence-corrected chi connectivity index (χ0v) is 14.7. The minimum atomic E-state index is -0.128. The van der Waals surface area contributed by atoms with Crippen LogP contribution in [-0.4, -0.2) is 31.5 Å². The van der Waals surface area contributed by atoms with Crippen molar-refractivity contribution in [1.29, 1.82) is 0 Å². The van der Waals surface area contributed by atoms with Crippen LogP contribution in [0.15, 0.2) is 47.9 Å². The summed E-state index contributed by atoms with van der Waals surface area (Å²) in [5, 5.41) is 10.8. The number of carbonyl (C=O) groups excluding carboxylic acids is 1. The highest BCUT2D eigenvalue weighted by atomic mass is 32.2. The van der Waals surface area contributed by atoms with E-state index in [0.29, 0.717) is 5.16 Å². The van der Waals surface area contributed by atoms with Crippen LogP contribution in [0.25, 0.3) is 11.1 Å². The quantitative estimate of drug-likeness (QED) is 0.539. The Kier molecular flexibility index (Phi) is 4.99. The Bertz CT molecular complexity index is 870. The third-order valence-electron chi connectivity index (χ3n) is 3.46. The van der Waals surface area contributed by atoms with Gasteiger partial charge in [0.15, 0.2) is 0 Å². The summed E-state index contributed by atoms with van der Waals surface area (Å²) in [5.41, 5.74) is 4.90. The van der Waals surface area contributed by atoms with Crippen molar-refractivity contribution in [3.05, 3.63) is 54.1 Å². The van der Waals surface area contributed by atoms with Crippen molar-refractivity contribution in [2.75, 3.05) is 16.9 Å². The molecular formula is C17H18N6OS. The van der Waals surface area contributed by atoms with Gasteiger partial charge < -0.3 is 11.2 Å². The number of hydrogen-bond donors (Lipinski definition) is 2. The molecule has 0 fully saturated rings. The van der Waals surface area contributed by atoms with E-state index < -0.39 is 0 Å². The Morgan fingerprint density at radius 1 is 1.16 bits per heavy atom. The highest BCUT2D eigenvalue weighted by Crippen LogP contribution is 2.23. The molecule has 0 atom stereocenters. The van der Waals surface area contributed by atoms with E-state index in [-0.39, 0.29) is 11.7 Å². The van der Waals surface area contributed by atoms with E-state index in [2.05, 4.69) is 20.5 Å². The summed E-state index contributed by atoms with van der Waals surface area (Å²) in [6.45, 7) is 3.95. The molecule has 0 saturated carbocycles. The van der Waals surface area contributed by atoms with Crippen molar-refractivity contribution in [2.24, 2.45) is 0 Å². The number of hydrogen-bond acceptors (Lipinski definition) is 6. The number of amides is 1. The van der Waals surface area contributed by atoms with E-state index >= 15 is 0 Å². The van der Waals surface area contributed by atoms with Gasteiger partial charge in [-0.15, -0.1) is 10.2 Å². The molecule has 0 bridgehead atoms. The molecule has 3 aromatic rings. The zero-order chi connectivity index (χ0) is 17.8. The molecule has 2 aromatic heterocycles. The monoisotopic (exact) mass is 354 g/mol. The fourth-order valence-electron chi connectivity index (χ4n) is 2.41. The summed E-state index contributed by atoms with van der Waals surface area (Å²) >= 11 is 1.23. The van der Waals surface area contributed by atoms with Crippen LogP contribution in [0.1, 0.15) is 11.4 Å². The van der Waals surface area contributed by atoms with Gasteiger partial charge in [-0.1, -0.05) is 23.9 Å². The second-order valence-electron chi connectivity index (χ2n) is 5.57. The van der Waals surface area contributed by atoms with Crippen LogP contribution in [0.4, 0.5) is 5.69 Å². The maximum Gasteiger partial charge on any atom is 0.234 e. The number of pyridine rings is 1. The third kappa shape index (κ3) is 4.36. The van der Waals surface area contributed by atoms with Crippen LogP contribution in [0, 0.1) is 13.8 Å². The van der Waals surface area contributed by atoms with Crippen molar-refractivity contribution in [3.63, 3.8) is 0 Å². The van der Waals surface area contributed by atoms with Crippen molar-refractivity contribution in [1.82, 2.24) is 19.9 Å². The van der Waals surface area contributed by atoms with Gasteiger partial charge >= 0.3 is 0 Å². The highest BCUT2D eigenvalue weighted by molar-refractivity contribution is 7.99. The van der Waals surface area contributed by atoms with Crippen LogP contribution in [-0.2, 0) is 4.79 Å². The Balaban J connectivity index is 1.62. The van der Waals surface area contributed by atoms with Crippen molar-refractivity contribution in [2.45, 2.75) is 19.0 Å². The SMILES string of the molecule is Cc1cc(-c2ccc(NC(=O)CSc3nncn3N)cc2)cc(C)n1. The summed E-state index contributed by atoms with van der Waals surface area (Å²) in [5.74, 6) is 5.69. The largest absolute Gasteiger partial charge is 0.336 e. The summed E-state index contributed by atoms with van der Waals surface area (Å²) < 4.78 is 1.28.